The van der Waals surface area contributed by atoms with Crippen molar-refractivity contribution in [3.8, 4) is 17.0 Å². The predicted octanol–water partition coefficient (Wildman–Crippen LogP) is 4.50. The number of rotatable bonds is 5. The van der Waals surface area contributed by atoms with Crippen LogP contribution in [0.15, 0.2) is 65.7 Å². The molecule has 0 aliphatic carbocycles. The van der Waals surface area contributed by atoms with Gasteiger partial charge in [-0.3, -0.25) is 4.40 Å². The van der Waals surface area contributed by atoms with Crippen LogP contribution in [0.2, 0.25) is 0 Å². The fraction of sp³-hybridized carbons (Fsp3) is 0.111. The molecule has 1 aromatic carbocycles. The molecule has 0 spiro atoms. The van der Waals surface area contributed by atoms with Crippen molar-refractivity contribution in [3.05, 3.63) is 67.0 Å². The van der Waals surface area contributed by atoms with Gasteiger partial charge < -0.3 is 14.5 Å². The summed E-state index contributed by atoms with van der Waals surface area (Å²) in [4.78, 5) is 8.66. The minimum absolute atomic E-state index is 0.275. The second-order valence-electron chi connectivity index (χ2n) is 5.62. The van der Waals surface area contributed by atoms with Crippen molar-refractivity contribution in [2.75, 3.05) is 5.32 Å². The molecule has 9 heteroatoms. The molecule has 0 aliphatic rings. The Bertz CT molecular complexity index is 1040. The topological polar surface area (TPSA) is 64.6 Å². The zero-order valence-corrected chi connectivity index (χ0v) is 13.8. The first-order valence-corrected chi connectivity index (χ1v) is 7.94. The van der Waals surface area contributed by atoms with Crippen molar-refractivity contribution in [1.82, 2.24) is 14.4 Å². The van der Waals surface area contributed by atoms with Crippen LogP contribution in [-0.4, -0.2) is 20.7 Å². The lowest BCUT2D eigenvalue weighted by Crippen LogP contribution is -2.16. The molecule has 4 aromatic rings. The van der Waals surface area contributed by atoms with Crippen LogP contribution < -0.4 is 10.1 Å². The fourth-order valence-electron chi connectivity index (χ4n) is 2.67. The molecular weight excluding hydrogens is 361 g/mol. The van der Waals surface area contributed by atoms with Crippen LogP contribution in [0, 0.1) is 0 Å². The van der Waals surface area contributed by atoms with Crippen molar-refractivity contribution in [3.63, 3.8) is 0 Å². The van der Waals surface area contributed by atoms with E-state index in [9.17, 15) is 13.2 Å². The molecule has 0 saturated heterocycles. The quantitative estimate of drug-likeness (QED) is 0.557. The third kappa shape index (κ3) is 3.71. The molecular formula is C18H13F3N4O2. The minimum atomic E-state index is -4.72. The summed E-state index contributed by atoms with van der Waals surface area (Å²) in [6.45, 7) is 0.450. The summed E-state index contributed by atoms with van der Waals surface area (Å²) < 4.78 is 47.8. The molecule has 0 atom stereocenters. The van der Waals surface area contributed by atoms with Gasteiger partial charge in [-0.1, -0.05) is 0 Å². The van der Waals surface area contributed by atoms with Crippen molar-refractivity contribution in [1.29, 1.82) is 0 Å². The molecule has 27 heavy (non-hydrogen) atoms. The number of anilines is 1. The average molecular weight is 374 g/mol. The van der Waals surface area contributed by atoms with Gasteiger partial charge in [-0.2, -0.15) is 0 Å². The summed E-state index contributed by atoms with van der Waals surface area (Å²) in [6.07, 6.45) is 1.85. The zero-order chi connectivity index (χ0) is 18.9. The van der Waals surface area contributed by atoms with Gasteiger partial charge in [0.05, 0.1) is 24.7 Å². The van der Waals surface area contributed by atoms with Gasteiger partial charge in [0.1, 0.15) is 11.5 Å². The first-order chi connectivity index (χ1) is 13.0. The Labute approximate surface area is 151 Å². The number of aromatic nitrogens is 3. The number of hydrogen-bond acceptors (Lipinski definition) is 5. The number of fused-ring (bicyclic) bond motifs is 1. The maximum Gasteiger partial charge on any atom is 0.573 e. The van der Waals surface area contributed by atoms with E-state index in [1.807, 2.05) is 6.07 Å². The molecule has 0 aliphatic heterocycles. The van der Waals surface area contributed by atoms with E-state index < -0.39 is 6.36 Å². The largest absolute Gasteiger partial charge is 0.573 e. The summed E-state index contributed by atoms with van der Waals surface area (Å²) in [5, 5.41) is 3.16. The van der Waals surface area contributed by atoms with Crippen LogP contribution in [0.1, 0.15) is 5.76 Å². The van der Waals surface area contributed by atoms with E-state index in [0.717, 1.165) is 5.76 Å². The molecule has 1 N–H and O–H groups in total. The van der Waals surface area contributed by atoms with Gasteiger partial charge in [0.2, 0.25) is 0 Å². The fourth-order valence-corrected chi connectivity index (χ4v) is 2.67. The number of alkyl halides is 3. The highest BCUT2D eigenvalue weighted by Crippen LogP contribution is 2.28. The molecule has 3 heterocycles. The second-order valence-corrected chi connectivity index (χ2v) is 5.62. The van der Waals surface area contributed by atoms with E-state index >= 15 is 0 Å². The molecule has 0 amide bonds. The number of hydrogen-bond donors (Lipinski definition) is 1. The van der Waals surface area contributed by atoms with E-state index in [1.54, 1.807) is 47.5 Å². The number of benzene rings is 1. The molecule has 6 nitrogen and oxygen atoms in total. The summed E-state index contributed by atoms with van der Waals surface area (Å²) in [5.74, 6) is 1.05. The Morgan fingerprint density at radius 3 is 2.63 bits per heavy atom. The first-order valence-electron chi connectivity index (χ1n) is 7.94. The van der Waals surface area contributed by atoms with Gasteiger partial charge in [0.25, 0.3) is 0 Å². The highest BCUT2D eigenvalue weighted by molar-refractivity contribution is 5.70. The number of furan rings is 1. The van der Waals surface area contributed by atoms with Gasteiger partial charge in [-0.25, -0.2) is 9.97 Å². The van der Waals surface area contributed by atoms with E-state index in [2.05, 4.69) is 20.0 Å². The zero-order valence-electron chi connectivity index (χ0n) is 13.8. The Morgan fingerprint density at radius 1 is 1.11 bits per heavy atom. The monoisotopic (exact) mass is 374 g/mol. The van der Waals surface area contributed by atoms with Crippen LogP contribution in [0.5, 0.6) is 5.75 Å². The Balaban J connectivity index is 1.60. The van der Waals surface area contributed by atoms with E-state index in [0.29, 0.717) is 29.3 Å². The minimum Gasteiger partial charge on any atom is -0.467 e. The molecule has 3 aromatic heterocycles. The lowest BCUT2D eigenvalue weighted by molar-refractivity contribution is -0.274. The molecule has 0 radical (unpaired) electrons. The highest BCUT2D eigenvalue weighted by Gasteiger charge is 2.31. The standard InChI is InChI=1S/C18H13F3N4O2/c19-18(20,21)27-13-5-3-12(4-6-13)15-11-24-17-16(22-7-8-25(15)17)23-10-14-2-1-9-26-14/h1-9,11H,10H2,(H,22,23). The Morgan fingerprint density at radius 2 is 1.93 bits per heavy atom. The first kappa shape index (κ1) is 17.0. The molecule has 4 rings (SSSR count). The summed E-state index contributed by atoms with van der Waals surface area (Å²) in [5.41, 5.74) is 2.00. The van der Waals surface area contributed by atoms with Crippen LogP contribution in [0.4, 0.5) is 19.0 Å². The number of nitrogens with one attached hydrogen (secondary N) is 1. The van der Waals surface area contributed by atoms with Crippen molar-refractivity contribution < 1.29 is 22.3 Å². The van der Waals surface area contributed by atoms with Crippen molar-refractivity contribution >= 4 is 11.5 Å². The van der Waals surface area contributed by atoms with E-state index in [1.165, 1.54) is 12.1 Å². The van der Waals surface area contributed by atoms with Crippen LogP contribution in [-0.2, 0) is 6.54 Å². The van der Waals surface area contributed by atoms with E-state index in [4.69, 9.17) is 4.42 Å². The normalized spacial score (nSPS) is 11.7. The molecule has 0 unspecified atom stereocenters. The average Bonchev–Trinajstić information content (AvgIpc) is 3.29. The number of imidazole rings is 1. The SMILES string of the molecule is FC(F)(F)Oc1ccc(-c2cnc3c(NCc4ccco4)nccn23)cc1. The maximum absolute atomic E-state index is 12.3. The van der Waals surface area contributed by atoms with E-state index in [-0.39, 0.29) is 5.75 Å². The molecule has 0 bridgehead atoms. The summed E-state index contributed by atoms with van der Waals surface area (Å²) in [7, 11) is 0. The maximum atomic E-state index is 12.3. The lowest BCUT2D eigenvalue weighted by Gasteiger charge is -2.09. The highest BCUT2D eigenvalue weighted by atomic mass is 19.4. The van der Waals surface area contributed by atoms with Gasteiger partial charge in [0, 0.05) is 18.0 Å². The Kier molecular flexibility index (Phi) is 4.19. The number of nitrogens with zero attached hydrogens (tertiary/aromatic N) is 3. The third-order valence-electron chi connectivity index (χ3n) is 3.82. The molecule has 138 valence electrons. The van der Waals surface area contributed by atoms with Crippen molar-refractivity contribution in [2.24, 2.45) is 0 Å². The second kappa shape index (κ2) is 6.67. The molecule has 0 fully saturated rings. The lowest BCUT2D eigenvalue weighted by atomic mass is 10.1. The summed E-state index contributed by atoms with van der Waals surface area (Å²) >= 11 is 0. The van der Waals surface area contributed by atoms with Crippen molar-refractivity contribution in [2.45, 2.75) is 12.9 Å². The van der Waals surface area contributed by atoms with Gasteiger partial charge >= 0.3 is 6.36 Å². The molecule has 0 saturated carbocycles. The Hall–Kier alpha value is -3.49. The predicted molar refractivity (Wildman–Crippen MR) is 91.1 cm³/mol. The summed E-state index contributed by atoms with van der Waals surface area (Å²) in [6, 6.07) is 9.25. The van der Waals surface area contributed by atoms with Gasteiger partial charge in [-0.05, 0) is 36.4 Å². The third-order valence-corrected chi connectivity index (χ3v) is 3.82. The van der Waals surface area contributed by atoms with Crippen LogP contribution in [0.25, 0.3) is 16.9 Å². The van der Waals surface area contributed by atoms with Gasteiger partial charge in [0.15, 0.2) is 11.5 Å². The van der Waals surface area contributed by atoms with Gasteiger partial charge in [-0.15, -0.1) is 13.2 Å². The van der Waals surface area contributed by atoms with Crippen LogP contribution in [0.3, 0.4) is 0 Å². The smallest absolute Gasteiger partial charge is 0.467 e. The number of ether oxygens (including phenoxy) is 1. The van der Waals surface area contributed by atoms with Crippen LogP contribution >= 0.6 is 0 Å². The number of halogens is 3.